The highest BCUT2D eigenvalue weighted by Crippen LogP contribution is 2.38. The zero-order chi connectivity index (χ0) is 13.9. The third-order valence-corrected chi connectivity index (χ3v) is 4.66. The Morgan fingerprint density at radius 1 is 1.05 bits per heavy atom. The first-order valence-electron chi connectivity index (χ1n) is 6.15. The van der Waals surface area contributed by atoms with E-state index >= 15 is 0 Å². The van der Waals surface area contributed by atoms with E-state index in [0.717, 1.165) is 21.7 Å². The normalized spacial score (nSPS) is 10.7. The standard InChI is InChI=1S/C16H13N2S2/c1-19-13-9-7-12(8-10-13)15-14(18-16(17)20-15)11-5-3-2-4-6-11/h3-10H,1H3,(H2,17,18). The Hall–Kier alpha value is -1.78. The van der Waals surface area contributed by atoms with Crippen molar-refractivity contribution < 1.29 is 0 Å². The van der Waals surface area contributed by atoms with Gasteiger partial charge in [-0.1, -0.05) is 47.7 Å². The lowest BCUT2D eigenvalue weighted by atomic mass is 10.1. The summed E-state index contributed by atoms with van der Waals surface area (Å²) >= 11 is 3.26. The van der Waals surface area contributed by atoms with Crippen molar-refractivity contribution in [2.45, 2.75) is 4.90 Å². The number of benzene rings is 2. The van der Waals surface area contributed by atoms with Crippen molar-refractivity contribution in [3.8, 4) is 21.7 Å². The molecule has 0 aliphatic heterocycles. The highest BCUT2D eigenvalue weighted by Gasteiger charge is 2.13. The molecule has 0 aliphatic carbocycles. The van der Waals surface area contributed by atoms with Gasteiger partial charge in [0.25, 0.3) is 0 Å². The Morgan fingerprint density at radius 3 is 2.40 bits per heavy atom. The molecular formula is C16H13N2S2. The van der Waals surface area contributed by atoms with E-state index in [-0.39, 0.29) is 0 Å². The van der Waals surface area contributed by atoms with Gasteiger partial charge in [-0.15, -0.1) is 11.8 Å². The molecule has 4 heteroatoms. The van der Waals surface area contributed by atoms with Crippen molar-refractivity contribution in [3.05, 3.63) is 54.6 Å². The number of nitrogens with zero attached hydrogens (tertiary/aromatic N) is 1. The van der Waals surface area contributed by atoms with Crippen LogP contribution in [0.1, 0.15) is 0 Å². The van der Waals surface area contributed by atoms with Crippen LogP contribution in [0.4, 0.5) is 5.13 Å². The maximum atomic E-state index is 5.91. The fraction of sp³-hybridized carbons (Fsp3) is 0.0625. The van der Waals surface area contributed by atoms with E-state index in [9.17, 15) is 0 Å². The summed E-state index contributed by atoms with van der Waals surface area (Å²) in [6.45, 7) is 0. The van der Waals surface area contributed by atoms with E-state index in [1.165, 1.54) is 16.2 Å². The maximum Gasteiger partial charge on any atom is 0.181 e. The number of hydrogen-bond donors (Lipinski definition) is 1. The van der Waals surface area contributed by atoms with E-state index in [0.29, 0.717) is 5.13 Å². The predicted molar refractivity (Wildman–Crippen MR) is 88.0 cm³/mol. The summed E-state index contributed by atoms with van der Waals surface area (Å²) in [6, 6.07) is 19.3. The van der Waals surface area contributed by atoms with Crippen LogP contribution in [0, 0.1) is 6.07 Å². The molecule has 1 radical (unpaired) electrons. The summed E-state index contributed by atoms with van der Waals surface area (Å²) in [5.74, 6) is 0. The Morgan fingerprint density at radius 2 is 1.75 bits per heavy atom. The van der Waals surface area contributed by atoms with Gasteiger partial charge >= 0.3 is 0 Å². The van der Waals surface area contributed by atoms with Crippen LogP contribution < -0.4 is 5.73 Å². The van der Waals surface area contributed by atoms with Crippen LogP contribution in [0.3, 0.4) is 0 Å². The third-order valence-electron chi connectivity index (χ3n) is 2.99. The topological polar surface area (TPSA) is 38.9 Å². The van der Waals surface area contributed by atoms with Crippen LogP contribution in [0.15, 0.2) is 53.4 Å². The van der Waals surface area contributed by atoms with Gasteiger partial charge in [0.15, 0.2) is 5.13 Å². The van der Waals surface area contributed by atoms with Crippen molar-refractivity contribution >= 4 is 28.2 Å². The number of rotatable bonds is 3. The first-order chi connectivity index (χ1) is 9.78. The molecule has 1 heterocycles. The minimum Gasteiger partial charge on any atom is -0.375 e. The molecular weight excluding hydrogens is 284 g/mol. The average Bonchev–Trinajstić information content (AvgIpc) is 2.90. The van der Waals surface area contributed by atoms with E-state index in [1.54, 1.807) is 11.8 Å². The molecule has 0 bridgehead atoms. The second kappa shape index (κ2) is 5.69. The molecule has 0 amide bonds. The molecule has 2 aromatic carbocycles. The predicted octanol–water partition coefficient (Wildman–Crippen LogP) is 4.58. The summed E-state index contributed by atoms with van der Waals surface area (Å²) in [5.41, 5.74) is 9.07. The molecule has 20 heavy (non-hydrogen) atoms. The SMILES string of the molecule is CSc1ccc(-c2sc(N)nc2-c2cc[c]cc2)cc1. The van der Waals surface area contributed by atoms with E-state index < -0.39 is 0 Å². The fourth-order valence-corrected chi connectivity index (χ4v) is 3.28. The van der Waals surface area contributed by atoms with Gasteiger partial charge in [0, 0.05) is 10.5 Å². The van der Waals surface area contributed by atoms with Gasteiger partial charge < -0.3 is 5.73 Å². The number of nitrogens with two attached hydrogens (primary N) is 1. The lowest BCUT2D eigenvalue weighted by molar-refractivity contribution is 1.40. The van der Waals surface area contributed by atoms with Crippen molar-refractivity contribution in [3.63, 3.8) is 0 Å². The van der Waals surface area contributed by atoms with Crippen LogP contribution in [0.5, 0.6) is 0 Å². The Balaban J connectivity index is 2.09. The van der Waals surface area contributed by atoms with E-state index in [1.807, 2.05) is 24.3 Å². The number of hydrogen-bond acceptors (Lipinski definition) is 4. The van der Waals surface area contributed by atoms with Gasteiger partial charge in [-0.05, 0) is 30.0 Å². The maximum absolute atomic E-state index is 5.91. The monoisotopic (exact) mass is 297 g/mol. The summed E-state index contributed by atoms with van der Waals surface area (Å²) in [5, 5.41) is 0.594. The molecule has 0 fully saturated rings. The number of anilines is 1. The van der Waals surface area contributed by atoms with Gasteiger partial charge in [0.05, 0.1) is 10.6 Å². The average molecular weight is 297 g/mol. The lowest BCUT2D eigenvalue weighted by Gasteiger charge is -2.03. The van der Waals surface area contributed by atoms with E-state index in [2.05, 4.69) is 41.6 Å². The highest BCUT2D eigenvalue weighted by atomic mass is 32.2. The molecule has 0 saturated carbocycles. The number of aromatic nitrogens is 1. The molecule has 0 atom stereocenters. The molecule has 0 spiro atoms. The smallest absolute Gasteiger partial charge is 0.181 e. The third kappa shape index (κ3) is 2.57. The molecule has 1 aromatic heterocycles. The van der Waals surface area contributed by atoms with Crippen molar-refractivity contribution in [2.24, 2.45) is 0 Å². The zero-order valence-corrected chi connectivity index (χ0v) is 12.6. The van der Waals surface area contributed by atoms with Crippen molar-refractivity contribution in [1.29, 1.82) is 0 Å². The van der Waals surface area contributed by atoms with Crippen LogP contribution in [-0.2, 0) is 0 Å². The highest BCUT2D eigenvalue weighted by molar-refractivity contribution is 7.98. The van der Waals surface area contributed by atoms with Gasteiger partial charge in [-0.2, -0.15) is 0 Å². The Labute approximate surface area is 126 Å². The van der Waals surface area contributed by atoms with Gasteiger partial charge in [0.1, 0.15) is 0 Å². The molecule has 2 N–H and O–H groups in total. The molecule has 3 rings (SSSR count). The number of thiazole rings is 1. The lowest BCUT2D eigenvalue weighted by Crippen LogP contribution is -1.84. The van der Waals surface area contributed by atoms with E-state index in [4.69, 9.17) is 5.73 Å². The Kier molecular flexibility index (Phi) is 3.76. The first kappa shape index (κ1) is 13.2. The zero-order valence-electron chi connectivity index (χ0n) is 11.0. The molecule has 99 valence electrons. The minimum absolute atomic E-state index is 0.594. The van der Waals surface area contributed by atoms with Crippen molar-refractivity contribution in [1.82, 2.24) is 4.98 Å². The van der Waals surface area contributed by atoms with Crippen LogP contribution in [-0.4, -0.2) is 11.2 Å². The second-order valence-corrected chi connectivity index (χ2v) is 6.16. The summed E-state index contributed by atoms with van der Waals surface area (Å²) in [4.78, 5) is 6.84. The van der Waals surface area contributed by atoms with Crippen LogP contribution >= 0.6 is 23.1 Å². The Bertz CT molecular complexity index is 703. The largest absolute Gasteiger partial charge is 0.375 e. The number of thioether (sulfide) groups is 1. The summed E-state index contributed by atoms with van der Waals surface area (Å²) in [6.07, 6.45) is 2.07. The first-order valence-corrected chi connectivity index (χ1v) is 8.19. The quantitative estimate of drug-likeness (QED) is 0.719. The molecule has 0 unspecified atom stereocenters. The molecule has 3 aromatic rings. The molecule has 2 nitrogen and oxygen atoms in total. The summed E-state index contributed by atoms with van der Waals surface area (Å²) < 4.78 is 0. The van der Waals surface area contributed by atoms with Crippen LogP contribution in [0.2, 0.25) is 0 Å². The van der Waals surface area contributed by atoms with Crippen molar-refractivity contribution in [2.75, 3.05) is 12.0 Å². The van der Waals surface area contributed by atoms with Gasteiger partial charge in [-0.25, -0.2) is 4.98 Å². The number of nitrogen functional groups attached to an aromatic ring is 1. The van der Waals surface area contributed by atoms with Crippen LogP contribution in [0.25, 0.3) is 21.7 Å². The molecule has 0 saturated heterocycles. The molecule has 0 aliphatic rings. The van der Waals surface area contributed by atoms with Gasteiger partial charge in [-0.3, -0.25) is 0 Å². The minimum atomic E-state index is 0.594. The fourth-order valence-electron chi connectivity index (χ4n) is 2.02. The summed E-state index contributed by atoms with van der Waals surface area (Å²) in [7, 11) is 0. The second-order valence-electron chi connectivity index (χ2n) is 4.25. The van der Waals surface area contributed by atoms with Gasteiger partial charge in [0.2, 0.25) is 0 Å².